The summed E-state index contributed by atoms with van der Waals surface area (Å²) in [5.41, 5.74) is 1.52. The Morgan fingerprint density at radius 1 is 1.00 bits per heavy atom. The molecule has 0 fully saturated rings. The molecule has 0 atom stereocenters. The third-order valence-corrected chi connectivity index (χ3v) is 3.45. The van der Waals surface area contributed by atoms with Crippen molar-refractivity contribution >= 4 is 11.8 Å². The van der Waals surface area contributed by atoms with Crippen LogP contribution in [0.5, 0.6) is 11.5 Å². The Labute approximate surface area is 121 Å². The molecule has 0 aromatic heterocycles. The normalized spacial score (nSPS) is 13.5. The number of rotatable bonds is 3. The van der Waals surface area contributed by atoms with Gasteiger partial charge in [-0.3, -0.25) is 14.5 Å². The van der Waals surface area contributed by atoms with E-state index in [2.05, 4.69) is 0 Å². The molecule has 0 unspecified atom stereocenters. The van der Waals surface area contributed by atoms with Crippen LogP contribution in [0.3, 0.4) is 0 Å². The monoisotopic (exact) mass is 283 g/mol. The summed E-state index contributed by atoms with van der Waals surface area (Å²) in [5.74, 6) is 0.0416. The minimum absolute atomic E-state index is 0.144. The summed E-state index contributed by atoms with van der Waals surface area (Å²) in [4.78, 5) is 25.8. The summed E-state index contributed by atoms with van der Waals surface area (Å²) in [5, 5.41) is 9.26. The standard InChI is InChI=1S/C16H13NO4/c1-21-12-6-7-13-14(8-12)16(20)17(15(13)19)9-10-2-4-11(18)5-3-10/h2-8,18H,9H2,1H3. The molecule has 1 heterocycles. The SMILES string of the molecule is COc1ccc2c(c1)C(=O)N(Cc1ccc(O)cc1)C2=O. The number of nitrogens with zero attached hydrogens (tertiary/aromatic N) is 1. The maximum absolute atomic E-state index is 12.3. The van der Waals surface area contributed by atoms with Crippen molar-refractivity contribution in [1.29, 1.82) is 0 Å². The highest BCUT2D eigenvalue weighted by Crippen LogP contribution is 2.28. The first-order valence-corrected chi connectivity index (χ1v) is 6.42. The first-order valence-electron chi connectivity index (χ1n) is 6.42. The van der Waals surface area contributed by atoms with Crippen LogP contribution in [0.25, 0.3) is 0 Å². The van der Waals surface area contributed by atoms with Crippen LogP contribution in [0.2, 0.25) is 0 Å². The quantitative estimate of drug-likeness (QED) is 0.877. The van der Waals surface area contributed by atoms with Gasteiger partial charge in [0.25, 0.3) is 11.8 Å². The molecule has 106 valence electrons. The van der Waals surface area contributed by atoms with Crippen molar-refractivity contribution in [3.05, 3.63) is 59.2 Å². The van der Waals surface area contributed by atoms with Gasteiger partial charge in [-0.05, 0) is 35.9 Å². The summed E-state index contributed by atoms with van der Waals surface area (Å²) in [6, 6.07) is 11.2. The van der Waals surface area contributed by atoms with Gasteiger partial charge in [-0.2, -0.15) is 0 Å². The molecule has 0 saturated carbocycles. The number of amides is 2. The smallest absolute Gasteiger partial charge is 0.262 e. The maximum Gasteiger partial charge on any atom is 0.262 e. The minimum Gasteiger partial charge on any atom is -0.508 e. The summed E-state index contributed by atoms with van der Waals surface area (Å²) in [7, 11) is 1.51. The Kier molecular flexibility index (Phi) is 3.10. The molecule has 5 nitrogen and oxygen atoms in total. The fourth-order valence-electron chi connectivity index (χ4n) is 2.32. The number of phenols is 1. The third kappa shape index (κ3) is 2.23. The van der Waals surface area contributed by atoms with E-state index in [0.29, 0.717) is 16.9 Å². The Hall–Kier alpha value is -2.82. The van der Waals surface area contributed by atoms with Crippen molar-refractivity contribution in [2.45, 2.75) is 6.54 Å². The molecular formula is C16H13NO4. The second-order valence-electron chi connectivity index (χ2n) is 4.77. The Morgan fingerprint density at radius 2 is 1.67 bits per heavy atom. The van der Waals surface area contributed by atoms with E-state index in [0.717, 1.165) is 5.56 Å². The highest BCUT2D eigenvalue weighted by molar-refractivity contribution is 6.21. The van der Waals surface area contributed by atoms with Gasteiger partial charge in [-0.1, -0.05) is 12.1 Å². The van der Waals surface area contributed by atoms with Crippen LogP contribution in [0.4, 0.5) is 0 Å². The Balaban J connectivity index is 1.90. The number of carbonyl (C=O) groups excluding carboxylic acids is 2. The molecule has 3 rings (SSSR count). The van der Waals surface area contributed by atoms with Crippen LogP contribution in [-0.4, -0.2) is 28.9 Å². The lowest BCUT2D eigenvalue weighted by atomic mass is 10.1. The molecule has 1 aliphatic rings. The van der Waals surface area contributed by atoms with Crippen molar-refractivity contribution < 1.29 is 19.4 Å². The zero-order chi connectivity index (χ0) is 15.0. The van der Waals surface area contributed by atoms with Crippen LogP contribution in [0.15, 0.2) is 42.5 Å². The maximum atomic E-state index is 12.3. The number of hydrogen-bond donors (Lipinski definition) is 1. The fraction of sp³-hybridized carbons (Fsp3) is 0.125. The van der Waals surface area contributed by atoms with Gasteiger partial charge in [-0.25, -0.2) is 0 Å². The number of phenolic OH excluding ortho intramolecular Hbond substituents is 1. The molecule has 0 radical (unpaired) electrons. The van der Waals surface area contributed by atoms with Gasteiger partial charge in [0.1, 0.15) is 11.5 Å². The Morgan fingerprint density at radius 3 is 2.33 bits per heavy atom. The van der Waals surface area contributed by atoms with E-state index in [9.17, 15) is 14.7 Å². The molecule has 0 bridgehead atoms. The largest absolute Gasteiger partial charge is 0.508 e. The molecule has 0 aliphatic carbocycles. The topological polar surface area (TPSA) is 66.8 Å². The van der Waals surface area contributed by atoms with Crippen LogP contribution >= 0.6 is 0 Å². The van der Waals surface area contributed by atoms with Gasteiger partial charge < -0.3 is 9.84 Å². The van der Waals surface area contributed by atoms with E-state index in [1.54, 1.807) is 30.3 Å². The molecule has 2 aromatic rings. The first kappa shape index (κ1) is 13.2. The molecular weight excluding hydrogens is 270 g/mol. The predicted octanol–water partition coefficient (Wildman–Crippen LogP) is 2.20. The molecule has 0 spiro atoms. The molecule has 0 saturated heterocycles. The van der Waals surface area contributed by atoms with E-state index in [1.807, 2.05) is 0 Å². The molecule has 5 heteroatoms. The van der Waals surface area contributed by atoms with Gasteiger partial charge in [-0.15, -0.1) is 0 Å². The second-order valence-corrected chi connectivity index (χ2v) is 4.77. The third-order valence-electron chi connectivity index (χ3n) is 3.45. The highest BCUT2D eigenvalue weighted by Gasteiger charge is 2.35. The first-order chi connectivity index (χ1) is 10.1. The van der Waals surface area contributed by atoms with Crippen molar-refractivity contribution in [3.63, 3.8) is 0 Å². The lowest BCUT2D eigenvalue weighted by Gasteiger charge is -2.13. The number of ether oxygens (including phenoxy) is 1. The summed E-state index contributed by atoms with van der Waals surface area (Å²) in [6.45, 7) is 0.176. The number of imide groups is 1. The van der Waals surface area contributed by atoms with Gasteiger partial charge in [0.2, 0.25) is 0 Å². The number of methoxy groups -OCH3 is 1. The average Bonchev–Trinajstić information content (AvgIpc) is 2.74. The lowest BCUT2D eigenvalue weighted by molar-refractivity contribution is 0.0642. The number of benzene rings is 2. The molecule has 2 aromatic carbocycles. The summed E-state index contributed by atoms with van der Waals surface area (Å²) >= 11 is 0. The van der Waals surface area contributed by atoms with Gasteiger partial charge in [0.15, 0.2) is 0 Å². The van der Waals surface area contributed by atoms with E-state index >= 15 is 0 Å². The van der Waals surface area contributed by atoms with Gasteiger partial charge >= 0.3 is 0 Å². The zero-order valence-corrected chi connectivity index (χ0v) is 11.4. The molecule has 1 aliphatic heterocycles. The predicted molar refractivity (Wildman–Crippen MR) is 75.3 cm³/mol. The van der Waals surface area contributed by atoms with Crippen molar-refractivity contribution in [2.75, 3.05) is 7.11 Å². The number of aromatic hydroxyl groups is 1. The molecule has 1 N–H and O–H groups in total. The molecule has 2 amide bonds. The average molecular weight is 283 g/mol. The summed E-state index contributed by atoms with van der Waals surface area (Å²) < 4.78 is 5.08. The van der Waals surface area contributed by atoms with E-state index in [-0.39, 0.29) is 24.1 Å². The van der Waals surface area contributed by atoms with Crippen LogP contribution in [0.1, 0.15) is 26.3 Å². The zero-order valence-electron chi connectivity index (χ0n) is 11.4. The minimum atomic E-state index is -0.332. The van der Waals surface area contributed by atoms with E-state index in [1.165, 1.54) is 24.1 Å². The van der Waals surface area contributed by atoms with E-state index in [4.69, 9.17) is 4.74 Å². The number of hydrogen-bond acceptors (Lipinski definition) is 4. The number of fused-ring (bicyclic) bond motifs is 1. The fourth-order valence-corrected chi connectivity index (χ4v) is 2.32. The van der Waals surface area contributed by atoms with Crippen LogP contribution in [0, 0.1) is 0 Å². The van der Waals surface area contributed by atoms with Gasteiger partial charge in [0.05, 0.1) is 24.8 Å². The van der Waals surface area contributed by atoms with Crippen molar-refractivity contribution in [1.82, 2.24) is 4.90 Å². The molecule has 21 heavy (non-hydrogen) atoms. The number of carbonyl (C=O) groups is 2. The Bertz CT molecular complexity index is 722. The van der Waals surface area contributed by atoms with Crippen molar-refractivity contribution in [3.8, 4) is 11.5 Å². The van der Waals surface area contributed by atoms with Crippen LogP contribution in [-0.2, 0) is 6.54 Å². The van der Waals surface area contributed by atoms with Crippen molar-refractivity contribution in [2.24, 2.45) is 0 Å². The second kappa shape index (κ2) is 4.94. The van der Waals surface area contributed by atoms with E-state index < -0.39 is 0 Å². The highest BCUT2D eigenvalue weighted by atomic mass is 16.5. The summed E-state index contributed by atoms with van der Waals surface area (Å²) in [6.07, 6.45) is 0. The van der Waals surface area contributed by atoms with Crippen LogP contribution < -0.4 is 4.74 Å². The van der Waals surface area contributed by atoms with Gasteiger partial charge in [0, 0.05) is 0 Å². The lowest BCUT2D eigenvalue weighted by Crippen LogP contribution is -2.29.